The maximum Gasteiger partial charge on any atom is 0.338 e. The van der Waals surface area contributed by atoms with Crippen LogP contribution in [0.3, 0.4) is 0 Å². The smallest absolute Gasteiger partial charge is 0.338 e. The Kier molecular flexibility index (Phi) is 3.61. The van der Waals surface area contributed by atoms with E-state index in [4.69, 9.17) is 4.74 Å². The molecule has 0 spiro atoms. The van der Waals surface area contributed by atoms with Crippen molar-refractivity contribution in [1.82, 2.24) is 14.6 Å². The SMILES string of the molecule is COC(=O)c1ccn2nc(COc3ccc(O)cc3)nc2c1. The zero-order valence-electron chi connectivity index (χ0n) is 11.8. The van der Waals surface area contributed by atoms with Gasteiger partial charge in [-0.2, -0.15) is 0 Å². The molecule has 3 rings (SSSR count). The second kappa shape index (κ2) is 5.72. The van der Waals surface area contributed by atoms with Crippen LogP contribution in [0.4, 0.5) is 0 Å². The largest absolute Gasteiger partial charge is 0.508 e. The number of pyridine rings is 1. The summed E-state index contributed by atoms with van der Waals surface area (Å²) in [5.41, 5.74) is 0.945. The van der Waals surface area contributed by atoms with Crippen molar-refractivity contribution in [2.45, 2.75) is 6.61 Å². The number of hydrogen-bond donors (Lipinski definition) is 1. The number of aromatic nitrogens is 3. The first-order valence-corrected chi connectivity index (χ1v) is 6.51. The van der Waals surface area contributed by atoms with Gasteiger partial charge >= 0.3 is 5.97 Å². The highest BCUT2D eigenvalue weighted by Gasteiger charge is 2.09. The number of nitrogens with zero attached hydrogens (tertiary/aromatic N) is 3. The molecule has 1 N–H and O–H groups in total. The van der Waals surface area contributed by atoms with Gasteiger partial charge < -0.3 is 14.6 Å². The van der Waals surface area contributed by atoms with E-state index < -0.39 is 5.97 Å². The maximum absolute atomic E-state index is 11.5. The Morgan fingerprint density at radius 1 is 1.27 bits per heavy atom. The maximum atomic E-state index is 11.5. The molecule has 7 heteroatoms. The highest BCUT2D eigenvalue weighted by molar-refractivity contribution is 5.90. The summed E-state index contributed by atoms with van der Waals surface area (Å²) < 4.78 is 11.8. The lowest BCUT2D eigenvalue weighted by Gasteiger charge is -2.02. The number of esters is 1. The molecule has 2 heterocycles. The van der Waals surface area contributed by atoms with Crippen LogP contribution in [0.25, 0.3) is 5.65 Å². The Labute approximate surface area is 125 Å². The molecule has 22 heavy (non-hydrogen) atoms. The third kappa shape index (κ3) is 2.83. The molecule has 0 saturated heterocycles. The van der Waals surface area contributed by atoms with Crippen molar-refractivity contribution in [2.75, 3.05) is 7.11 Å². The molecule has 0 aliphatic heterocycles. The molecule has 0 aliphatic carbocycles. The van der Waals surface area contributed by atoms with Crippen LogP contribution in [-0.4, -0.2) is 32.8 Å². The van der Waals surface area contributed by atoms with Gasteiger partial charge in [0.15, 0.2) is 11.5 Å². The number of benzene rings is 1. The molecule has 0 atom stereocenters. The van der Waals surface area contributed by atoms with E-state index in [0.717, 1.165) is 0 Å². The summed E-state index contributed by atoms with van der Waals surface area (Å²) in [6, 6.07) is 9.59. The van der Waals surface area contributed by atoms with Crippen molar-refractivity contribution in [3.63, 3.8) is 0 Å². The van der Waals surface area contributed by atoms with E-state index in [1.165, 1.54) is 19.2 Å². The molecule has 3 aromatic rings. The quantitative estimate of drug-likeness (QED) is 0.739. The zero-order valence-corrected chi connectivity index (χ0v) is 11.8. The Morgan fingerprint density at radius 2 is 2.05 bits per heavy atom. The van der Waals surface area contributed by atoms with Crippen LogP contribution >= 0.6 is 0 Å². The molecule has 7 nitrogen and oxygen atoms in total. The minimum atomic E-state index is -0.424. The van der Waals surface area contributed by atoms with Crippen LogP contribution in [0.1, 0.15) is 16.2 Å². The summed E-state index contributed by atoms with van der Waals surface area (Å²) >= 11 is 0. The second-order valence-corrected chi connectivity index (χ2v) is 4.52. The van der Waals surface area contributed by atoms with Crippen molar-refractivity contribution in [1.29, 1.82) is 0 Å². The summed E-state index contributed by atoms with van der Waals surface area (Å²) in [6.45, 7) is 0.181. The first kappa shape index (κ1) is 13.9. The molecule has 0 radical (unpaired) electrons. The summed E-state index contributed by atoms with van der Waals surface area (Å²) in [7, 11) is 1.33. The number of ether oxygens (including phenoxy) is 2. The number of aromatic hydroxyl groups is 1. The first-order chi connectivity index (χ1) is 10.7. The molecule has 0 bridgehead atoms. The average Bonchev–Trinajstić information content (AvgIpc) is 2.95. The first-order valence-electron chi connectivity index (χ1n) is 6.51. The number of hydrogen-bond acceptors (Lipinski definition) is 6. The Bertz CT molecular complexity index is 811. The molecule has 0 amide bonds. The molecule has 2 aromatic heterocycles. The Hall–Kier alpha value is -3.09. The van der Waals surface area contributed by atoms with E-state index in [2.05, 4.69) is 14.8 Å². The van der Waals surface area contributed by atoms with Crippen LogP contribution in [0.15, 0.2) is 42.6 Å². The molecule has 0 saturated carbocycles. The number of phenolic OH excluding ortho intramolecular Hbond substituents is 1. The lowest BCUT2D eigenvalue weighted by atomic mass is 10.3. The highest BCUT2D eigenvalue weighted by atomic mass is 16.5. The minimum Gasteiger partial charge on any atom is -0.508 e. The number of phenols is 1. The van der Waals surface area contributed by atoms with Gasteiger partial charge in [-0.15, -0.1) is 5.10 Å². The van der Waals surface area contributed by atoms with Gasteiger partial charge in [0.1, 0.15) is 18.1 Å². The number of fused-ring (bicyclic) bond motifs is 1. The Morgan fingerprint density at radius 3 is 2.77 bits per heavy atom. The summed E-state index contributed by atoms with van der Waals surface area (Å²) in [5.74, 6) is 0.836. The number of carbonyl (C=O) groups excluding carboxylic acids is 1. The van der Waals surface area contributed by atoms with Gasteiger partial charge in [0.2, 0.25) is 0 Å². The van der Waals surface area contributed by atoms with Crippen LogP contribution in [0.2, 0.25) is 0 Å². The summed E-state index contributed by atoms with van der Waals surface area (Å²) in [4.78, 5) is 15.8. The van der Waals surface area contributed by atoms with Gasteiger partial charge in [-0.1, -0.05) is 0 Å². The summed E-state index contributed by atoms with van der Waals surface area (Å²) in [6.07, 6.45) is 1.64. The standard InChI is InChI=1S/C15H13N3O4/c1-21-15(20)10-6-7-18-14(8-10)16-13(17-18)9-22-12-4-2-11(19)3-5-12/h2-8,19H,9H2,1H3. The molecule has 112 valence electrons. The van der Waals surface area contributed by atoms with Gasteiger partial charge in [-0.25, -0.2) is 14.3 Å². The van der Waals surface area contributed by atoms with E-state index >= 15 is 0 Å². The van der Waals surface area contributed by atoms with Crippen LogP contribution in [0.5, 0.6) is 11.5 Å². The van der Waals surface area contributed by atoms with Crippen LogP contribution in [0, 0.1) is 0 Å². The monoisotopic (exact) mass is 299 g/mol. The highest BCUT2D eigenvalue weighted by Crippen LogP contribution is 2.17. The van der Waals surface area contributed by atoms with Gasteiger partial charge in [0.25, 0.3) is 0 Å². The number of methoxy groups -OCH3 is 1. The van der Waals surface area contributed by atoms with E-state index in [1.54, 1.807) is 35.0 Å². The van der Waals surface area contributed by atoms with Crippen molar-refractivity contribution in [3.05, 3.63) is 54.0 Å². The molecular weight excluding hydrogens is 286 g/mol. The molecule has 0 aliphatic rings. The molecular formula is C15H13N3O4. The second-order valence-electron chi connectivity index (χ2n) is 4.52. The van der Waals surface area contributed by atoms with Crippen molar-refractivity contribution in [3.8, 4) is 11.5 Å². The lowest BCUT2D eigenvalue weighted by molar-refractivity contribution is 0.0600. The summed E-state index contributed by atoms with van der Waals surface area (Å²) in [5, 5.41) is 13.5. The zero-order chi connectivity index (χ0) is 15.5. The average molecular weight is 299 g/mol. The fourth-order valence-electron chi connectivity index (χ4n) is 1.92. The third-order valence-corrected chi connectivity index (χ3v) is 3.01. The number of carbonyl (C=O) groups is 1. The van der Waals surface area contributed by atoms with E-state index in [-0.39, 0.29) is 12.4 Å². The van der Waals surface area contributed by atoms with Gasteiger partial charge in [0.05, 0.1) is 12.7 Å². The predicted octanol–water partition coefficient (Wildman–Crippen LogP) is 1.80. The topological polar surface area (TPSA) is 86.0 Å². The normalized spacial score (nSPS) is 10.6. The minimum absolute atomic E-state index is 0.175. The van der Waals surface area contributed by atoms with Crippen molar-refractivity contribution >= 4 is 11.6 Å². The van der Waals surface area contributed by atoms with E-state index in [9.17, 15) is 9.90 Å². The third-order valence-electron chi connectivity index (χ3n) is 3.01. The van der Waals surface area contributed by atoms with E-state index in [1.807, 2.05) is 0 Å². The fourth-order valence-corrected chi connectivity index (χ4v) is 1.92. The fraction of sp³-hybridized carbons (Fsp3) is 0.133. The predicted molar refractivity (Wildman–Crippen MR) is 76.8 cm³/mol. The molecule has 1 aromatic carbocycles. The van der Waals surface area contributed by atoms with Gasteiger partial charge in [-0.05, 0) is 36.4 Å². The van der Waals surface area contributed by atoms with Crippen molar-refractivity contribution in [2.24, 2.45) is 0 Å². The van der Waals surface area contributed by atoms with Crippen molar-refractivity contribution < 1.29 is 19.4 Å². The van der Waals surface area contributed by atoms with E-state index in [0.29, 0.717) is 22.8 Å². The van der Waals surface area contributed by atoms with Crippen LogP contribution < -0.4 is 4.74 Å². The molecule has 0 unspecified atom stereocenters. The van der Waals surface area contributed by atoms with Gasteiger partial charge in [-0.3, -0.25) is 0 Å². The molecule has 0 fully saturated rings. The number of rotatable bonds is 4. The lowest BCUT2D eigenvalue weighted by Crippen LogP contribution is -2.02. The van der Waals surface area contributed by atoms with Gasteiger partial charge in [0, 0.05) is 6.20 Å². The van der Waals surface area contributed by atoms with Crippen LogP contribution in [-0.2, 0) is 11.3 Å². The Balaban J connectivity index is 1.77.